The number of hydrogen-bond donors (Lipinski definition) is 1. The van der Waals surface area contributed by atoms with E-state index in [4.69, 9.17) is 0 Å². The first kappa shape index (κ1) is 9.46. The zero-order valence-electron chi connectivity index (χ0n) is 7.98. The number of rotatable bonds is 1. The highest BCUT2D eigenvalue weighted by atomic mass is 16.3. The summed E-state index contributed by atoms with van der Waals surface area (Å²) in [6.45, 7) is 5.69. The summed E-state index contributed by atoms with van der Waals surface area (Å²) in [6.07, 6.45) is 1.80. The van der Waals surface area contributed by atoms with Crippen LogP contribution in [0.15, 0.2) is 11.1 Å². The summed E-state index contributed by atoms with van der Waals surface area (Å²) < 4.78 is 0. The molecule has 0 aromatic carbocycles. The van der Waals surface area contributed by atoms with E-state index in [-0.39, 0.29) is 5.78 Å². The molecule has 1 aliphatic rings. The minimum Gasteiger partial charge on any atom is -0.378 e. The highest BCUT2D eigenvalue weighted by Gasteiger charge is 2.38. The maximum Gasteiger partial charge on any atom is 0.168 e. The second-order valence-corrected chi connectivity index (χ2v) is 3.54. The largest absolute Gasteiger partial charge is 0.378 e. The SMILES string of the molecule is CC[C@]1(O)C(=O)CCC(C)=C1C. The predicted molar refractivity (Wildman–Crippen MR) is 47.9 cm³/mol. The fourth-order valence-electron chi connectivity index (χ4n) is 1.72. The van der Waals surface area contributed by atoms with E-state index in [9.17, 15) is 9.90 Å². The lowest BCUT2D eigenvalue weighted by Crippen LogP contribution is -2.42. The van der Waals surface area contributed by atoms with Crippen molar-refractivity contribution in [3.63, 3.8) is 0 Å². The standard InChI is InChI=1S/C10H16O2/c1-4-10(12)8(3)7(2)5-6-9(10)11/h12H,4-6H2,1-3H3/t10-/m1/s1. The van der Waals surface area contributed by atoms with Crippen molar-refractivity contribution in [2.24, 2.45) is 0 Å². The molecule has 1 rings (SSSR count). The molecule has 0 saturated carbocycles. The molecule has 0 bridgehead atoms. The molecule has 0 fully saturated rings. The molecule has 0 heterocycles. The monoisotopic (exact) mass is 168 g/mol. The fraction of sp³-hybridized carbons (Fsp3) is 0.700. The van der Waals surface area contributed by atoms with Crippen molar-refractivity contribution in [2.75, 3.05) is 0 Å². The third-order valence-corrected chi connectivity index (χ3v) is 2.96. The van der Waals surface area contributed by atoms with Gasteiger partial charge in [0, 0.05) is 6.42 Å². The summed E-state index contributed by atoms with van der Waals surface area (Å²) in [4.78, 5) is 11.4. The van der Waals surface area contributed by atoms with Gasteiger partial charge in [-0.1, -0.05) is 12.5 Å². The van der Waals surface area contributed by atoms with Crippen LogP contribution in [0.5, 0.6) is 0 Å². The third-order valence-electron chi connectivity index (χ3n) is 2.96. The van der Waals surface area contributed by atoms with Gasteiger partial charge in [0.2, 0.25) is 0 Å². The number of aliphatic hydroxyl groups is 1. The quantitative estimate of drug-likeness (QED) is 0.606. The lowest BCUT2D eigenvalue weighted by Gasteiger charge is -2.32. The molecule has 0 spiro atoms. The van der Waals surface area contributed by atoms with Crippen LogP contribution in [0, 0.1) is 0 Å². The smallest absolute Gasteiger partial charge is 0.168 e. The van der Waals surface area contributed by atoms with Gasteiger partial charge in [0.1, 0.15) is 5.60 Å². The Bertz CT molecular complexity index is 240. The lowest BCUT2D eigenvalue weighted by molar-refractivity contribution is -0.134. The second-order valence-electron chi connectivity index (χ2n) is 3.54. The first-order chi connectivity index (χ1) is 5.52. The van der Waals surface area contributed by atoms with Gasteiger partial charge in [0.25, 0.3) is 0 Å². The van der Waals surface area contributed by atoms with Crippen LogP contribution in [0.1, 0.15) is 40.0 Å². The topological polar surface area (TPSA) is 37.3 Å². The highest BCUT2D eigenvalue weighted by molar-refractivity contribution is 5.91. The van der Waals surface area contributed by atoms with Crippen molar-refractivity contribution >= 4 is 5.78 Å². The summed E-state index contributed by atoms with van der Waals surface area (Å²) >= 11 is 0. The van der Waals surface area contributed by atoms with Crippen LogP contribution in [0.2, 0.25) is 0 Å². The Morgan fingerprint density at radius 3 is 2.42 bits per heavy atom. The Labute approximate surface area is 73.3 Å². The molecule has 0 aliphatic heterocycles. The zero-order valence-corrected chi connectivity index (χ0v) is 7.98. The molecule has 68 valence electrons. The summed E-state index contributed by atoms with van der Waals surface area (Å²) in [5.41, 5.74) is 0.878. The Morgan fingerprint density at radius 2 is 2.00 bits per heavy atom. The Kier molecular flexibility index (Phi) is 2.38. The molecule has 0 aromatic rings. The summed E-state index contributed by atoms with van der Waals surface area (Å²) in [6, 6.07) is 0. The molecule has 0 aromatic heterocycles. The molecule has 1 aliphatic carbocycles. The second kappa shape index (κ2) is 3.02. The fourth-order valence-corrected chi connectivity index (χ4v) is 1.72. The normalized spacial score (nSPS) is 31.2. The van der Waals surface area contributed by atoms with Gasteiger partial charge in [-0.15, -0.1) is 0 Å². The van der Waals surface area contributed by atoms with Gasteiger partial charge >= 0.3 is 0 Å². The van der Waals surface area contributed by atoms with Gasteiger partial charge in [-0.2, -0.15) is 0 Å². The first-order valence-electron chi connectivity index (χ1n) is 4.45. The zero-order chi connectivity index (χ0) is 9.35. The molecule has 0 radical (unpaired) electrons. The van der Waals surface area contributed by atoms with E-state index < -0.39 is 5.60 Å². The number of carbonyl (C=O) groups is 1. The maximum absolute atomic E-state index is 11.4. The molecule has 1 N–H and O–H groups in total. The van der Waals surface area contributed by atoms with Gasteiger partial charge < -0.3 is 5.11 Å². The van der Waals surface area contributed by atoms with Gasteiger partial charge in [0.05, 0.1) is 0 Å². The number of hydrogen-bond acceptors (Lipinski definition) is 2. The van der Waals surface area contributed by atoms with Crippen LogP contribution in [0.25, 0.3) is 0 Å². The van der Waals surface area contributed by atoms with E-state index in [1.165, 1.54) is 5.57 Å². The maximum atomic E-state index is 11.4. The van der Waals surface area contributed by atoms with E-state index in [1.54, 1.807) is 0 Å². The molecule has 0 unspecified atom stereocenters. The van der Waals surface area contributed by atoms with Crippen molar-refractivity contribution in [3.05, 3.63) is 11.1 Å². The number of Topliss-reactive ketones (excluding diaryl/α,β-unsaturated/α-hetero) is 1. The van der Waals surface area contributed by atoms with Gasteiger partial charge in [-0.3, -0.25) is 4.79 Å². The summed E-state index contributed by atoms with van der Waals surface area (Å²) in [7, 11) is 0. The van der Waals surface area contributed by atoms with E-state index >= 15 is 0 Å². The van der Waals surface area contributed by atoms with Crippen LogP contribution >= 0.6 is 0 Å². The molecule has 1 atom stereocenters. The number of carbonyl (C=O) groups excluding carboxylic acids is 1. The van der Waals surface area contributed by atoms with E-state index in [0.29, 0.717) is 12.8 Å². The van der Waals surface area contributed by atoms with Crippen molar-refractivity contribution in [1.82, 2.24) is 0 Å². The van der Waals surface area contributed by atoms with E-state index in [1.807, 2.05) is 20.8 Å². The van der Waals surface area contributed by atoms with Crippen LogP contribution in [0.4, 0.5) is 0 Å². The predicted octanol–water partition coefficient (Wildman–Crippen LogP) is 1.83. The first-order valence-corrected chi connectivity index (χ1v) is 4.45. The van der Waals surface area contributed by atoms with E-state index in [2.05, 4.69) is 0 Å². The van der Waals surface area contributed by atoms with Crippen molar-refractivity contribution in [3.8, 4) is 0 Å². The molecular formula is C10H16O2. The van der Waals surface area contributed by atoms with E-state index in [0.717, 1.165) is 12.0 Å². The summed E-state index contributed by atoms with van der Waals surface area (Å²) in [5, 5.41) is 9.98. The Balaban J connectivity index is 3.10. The third kappa shape index (κ3) is 1.20. The molecule has 0 saturated heterocycles. The average Bonchev–Trinajstić information content (AvgIpc) is 2.08. The van der Waals surface area contributed by atoms with Gasteiger partial charge in [-0.05, 0) is 32.3 Å². The minimum absolute atomic E-state index is 0.0203. The Hall–Kier alpha value is -0.630. The number of allylic oxidation sites excluding steroid dienone is 1. The van der Waals surface area contributed by atoms with Crippen molar-refractivity contribution in [2.45, 2.75) is 45.6 Å². The molecule has 0 amide bonds. The average molecular weight is 168 g/mol. The van der Waals surface area contributed by atoms with Gasteiger partial charge in [-0.25, -0.2) is 0 Å². The number of ketones is 1. The summed E-state index contributed by atoms with van der Waals surface area (Å²) in [5.74, 6) is -0.0203. The van der Waals surface area contributed by atoms with Crippen molar-refractivity contribution in [1.29, 1.82) is 0 Å². The van der Waals surface area contributed by atoms with Crippen molar-refractivity contribution < 1.29 is 9.90 Å². The Morgan fingerprint density at radius 1 is 1.42 bits per heavy atom. The van der Waals surface area contributed by atoms with Crippen LogP contribution in [-0.4, -0.2) is 16.5 Å². The van der Waals surface area contributed by atoms with Gasteiger partial charge in [0.15, 0.2) is 5.78 Å². The minimum atomic E-state index is -1.15. The molecule has 2 heteroatoms. The van der Waals surface area contributed by atoms with Crippen LogP contribution in [-0.2, 0) is 4.79 Å². The van der Waals surface area contributed by atoms with Crippen LogP contribution < -0.4 is 0 Å². The molecular weight excluding hydrogens is 152 g/mol. The highest BCUT2D eigenvalue weighted by Crippen LogP contribution is 2.32. The molecule has 2 nitrogen and oxygen atoms in total. The lowest BCUT2D eigenvalue weighted by atomic mass is 9.78. The molecule has 12 heavy (non-hydrogen) atoms. The van der Waals surface area contributed by atoms with Crippen LogP contribution in [0.3, 0.4) is 0 Å².